The number of hydrogen-bond acceptors (Lipinski definition) is 2. The fourth-order valence-electron chi connectivity index (χ4n) is 1.91. The van der Waals surface area contributed by atoms with Crippen molar-refractivity contribution < 1.29 is 4.74 Å². The first kappa shape index (κ1) is 22.8. The van der Waals surface area contributed by atoms with E-state index in [2.05, 4.69) is 15.6 Å². The number of rotatable bonds is 9. The minimum absolute atomic E-state index is 0. The van der Waals surface area contributed by atoms with Crippen molar-refractivity contribution in [3.8, 4) is 0 Å². The van der Waals surface area contributed by atoms with Crippen LogP contribution in [-0.2, 0) is 11.3 Å². The zero-order valence-corrected chi connectivity index (χ0v) is 17.5. The first-order valence-corrected chi connectivity index (χ1v) is 8.38. The smallest absolute Gasteiger partial charge is 0.191 e. The van der Waals surface area contributed by atoms with E-state index in [1.54, 1.807) is 13.2 Å². The average molecular weight is 474 g/mol. The maximum Gasteiger partial charge on any atom is 0.191 e. The van der Waals surface area contributed by atoms with Gasteiger partial charge >= 0.3 is 0 Å². The molecule has 0 aromatic heterocycles. The van der Waals surface area contributed by atoms with Gasteiger partial charge < -0.3 is 15.4 Å². The van der Waals surface area contributed by atoms with Crippen molar-refractivity contribution in [3.05, 3.63) is 33.8 Å². The molecule has 0 bridgehead atoms. The Morgan fingerprint density at radius 2 is 1.96 bits per heavy atom. The van der Waals surface area contributed by atoms with Gasteiger partial charge in [0.15, 0.2) is 5.96 Å². The molecule has 0 saturated carbocycles. The van der Waals surface area contributed by atoms with E-state index in [4.69, 9.17) is 27.9 Å². The zero-order chi connectivity index (χ0) is 16.2. The number of methoxy groups -OCH3 is 1. The Hall–Kier alpha value is -0.240. The lowest BCUT2D eigenvalue weighted by Crippen LogP contribution is -2.37. The lowest BCUT2D eigenvalue weighted by Gasteiger charge is -2.11. The molecule has 0 unspecified atom stereocenters. The second-order valence-electron chi connectivity index (χ2n) is 4.91. The van der Waals surface area contributed by atoms with Crippen LogP contribution in [0.15, 0.2) is 23.2 Å². The maximum atomic E-state index is 6.16. The third-order valence-electron chi connectivity index (χ3n) is 3.08. The van der Waals surface area contributed by atoms with Crippen LogP contribution in [0.2, 0.25) is 10.0 Å². The third kappa shape index (κ3) is 10.3. The molecule has 0 aliphatic carbocycles. The molecule has 2 N–H and O–H groups in total. The second kappa shape index (κ2) is 14.1. The number of unbranched alkanes of at least 4 members (excludes halogenated alkanes) is 2. The molecule has 1 rings (SSSR count). The molecule has 1 aromatic carbocycles. The zero-order valence-electron chi connectivity index (χ0n) is 13.7. The molecule has 0 amide bonds. The Labute approximate surface area is 166 Å². The highest BCUT2D eigenvalue weighted by molar-refractivity contribution is 14.0. The fourth-order valence-corrected chi connectivity index (χ4v) is 2.38. The molecule has 7 heteroatoms. The molecule has 0 aliphatic rings. The Kier molecular flexibility index (Phi) is 14.0. The molecule has 0 saturated heterocycles. The van der Waals surface area contributed by atoms with E-state index < -0.39 is 0 Å². The number of nitrogens with zero attached hydrogens (tertiary/aromatic N) is 1. The van der Waals surface area contributed by atoms with E-state index >= 15 is 0 Å². The summed E-state index contributed by atoms with van der Waals surface area (Å²) in [4.78, 5) is 4.55. The summed E-state index contributed by atoms with van der Waals surface area (Å²) in [7, 11) is 1.73. The van der Waals surface area contributed by atoms with Crippen molar-refractivity contribution in [2.45, 2.75) is 32.7 Å². The van der Waals surface area contributed by atoms with Crippen molar-refractivity contribution in [3.63, 3.8) is 0 Å². The Morgan fingerprint density at radius 1 is 1.17 bits per heavy atom. The van der Waals surface area contributed by atoms with Gasteiger partial charge in [0.1, 0.15) is 0 Å². The van der Waals surface area contributed by atoms with Gasteiger partial charge in [0.05, 0.1) is 6.54 Å². The van der Waals surface area contributed by atoms with Crippen molar-refractivity contribution in [2.24, 2.45) is 4.99 Å². The van der Waals surface area contributed by atoms with Gasteiger partial charge in [-0.15, -0.1) is 24.0 Å². The molecule has 4 nitrogen and oxygen atoms in total. The largest absolute Gasteiger partial charge is 0.385 e. The van der Waals surface area contributed by atoms with Crippen molar-refractivity contribution in [2.75, 3.05) is 26.8 Å². The molecule has 0 atom stereocenters. The predicted octanol–water partition coefficient (Wildman–Crippen LogP) is 4.48. The number of halogens is 3. The fraction of sp³-hybridized carbons (Fsp3) is 0.562. The van der Waals surface area contributed by atoms with Crippen molar-refractivity contribution in [1.82, 2.24) is 10.6 Å². The SMILES string of the molecule is CCNC(=NCc1ccc(Cl)cc1Cl)NCCCCCOC.I. The van der Waals surface area contributed by atoms with Crippen LogP contribution in [-0.4, -0.2) is 32.8 Å². The third-order valence-corrected chi connectivity index (χ3v) is 3.67. The second-order valence-corrected chi connectivity index (χ2v) is 5.75. The summed E-state index contributed by atoms with van der Waals surface area (Å²) in [5.41, 5.74) is 0.961. The molecule has 0 radical (unpaired) electrons. The maximum absolute atomic E-state index is 6.16. The van der Waals surface area contributed by atoms with Crippen LogP contribution in [0, 0.1) is 0 Å². The van der Waals surface area contributed by atoms with Crippen LogP contribution in [0.1, 0.15) is 31.7 Å². The average Bonchev–Trinajstić information content (AvgIpc) is 2.49. The first-order chi connectivity index (χ1) is 10.7. The molecular formula is C16H26Cl2IN3O. The van der Waals surface area contributed by atoms with E-state index in [0.29, 0.717) is 16.6 Å². The van der Waals surface area contributed by atoms with Crippen LogP contribution < -0.4 is 10.6 Å². The van der Waals surface area contributed by atoms with Gasteiger partial charge in [-0.25, -0.2) is 4.99 Å². The summed E-state index contributed by atoms with van der Waals surface area (Å²) in [6.07, 6.45) is 3.32. The van der Waals surface area contributed by atoms with Gasteiger partial charge in [0.2, 0.25) is 0 Å². The van der Waals surface area contributed by atoms with Crippen LogP contribution in [0.4, 0.5) is 0 Å². The summed E-state index contributed by atoms with van der Waals surface area (Å²) < 4.78 is 5.04. The lowest BCUT2D eigenvalue weighted by atomic mass is 10.2. The summed E-state index contributed by atoms with van der Waals surface area (Å²) in [5, 5.41) is 7.84. The summed E-state index contributed by atoms with van der Waals surface area (Å²) in [6.45, 7) is 5.11. The van der Waals surface area contributed by atoms with Crippen LogP contribution >= 0.6 is 47.2 Å². The summed E-state index contributed by atoms with van der Waals surface area (Å²) >= 11 is 12.1. The number of hydrogen-bond donors (Lipinski definition) is 2. The van der Waals surface area contributed by atoms with Gasteiger partial charge in [0, 0.05) is 36.9 Å². The number of aliphatic imine (C=N–C) groups is 1. The first-order valence-electron chi connectivity index (χ1n) is 7.62. The lowest BCUT2D eigenvalue weighted by molar-refractivity contribution is 0.192. The summed E-state index contributed by atoms with van der Waals surface area (Å²) in [5.74, 6) is 0.806. The number of benzene rings is 1. The van der Waals surface area contributed by atoms with E-state index in [-0.39, 0.29) is 24.0 Å². The number of ether oxygens (including phenoxy) is 1. The van der Waals surface area contributed by atoms with Crippen LogP contribution in [0.3, 0.4) is 0 Å². The standard InChI is InChI=1S/C16H25Cl2N3O.HI/c1-3-19-16(20-9-5-4-6-10-22-2)21-12-13-7-8-14(17)11-15(13)18;/h7-8,11H,3-6,9-10,12H2,1-2H3,(H2,19,20,21);1H. The molecule has 0 heterocycles. The Morgan fingerprint density at radius 3 is 2.61 bits per heavy atom. The van der Waals surface area contributed by atoms with E-state index in [9.17, 15) is 0 Å². The van der Waals surface area contributed by atoms with E-state index in [0.717, 1.165) is 50.5 Å². The minimum atomic E-state index is 0. The number of guanidine groups is 1. The van der Waals surface area contributed by atoms with Gasteiger partial charge in [0.25, 0.3) is 0 Å². The van der Waals surface area contributed by atoms with Gasteiger partial charge in [-0.05, 0) is 43.9 Å². The molecule has 132 valence electrons. The highest BCUT2D eigenvalue weighted by Crippen LogP contribution is 2.21. The topological polar surface area (TPSA) is 45.7 Å². The van der Waals surface area contributed by atoms with Crippen molar-refractivity contribution in [1.29, 1.82) is 0 Å². The van der Waals surface area contributed by atoms with Crippen LogP contribution in [0.5, 0.6) is 0 Å². The van der Waals surface area contributed by atoms with Crippen molar-refractivity contribution >= 4 is 53.1 Å². The Balaban J connectivity index is 0.00000484. The van der Waals surface area contributed by atoms with Gasteiger partial charge in [-0.1, -0.05) is 29.3 Å². The predicted molar refractivity (Wildman–Crippen MR) is 110 cm³/mol. The molecule has 1 aromatic rings. The molecule has 0 spiro atoms. The normalized spacial score (nSPS) is 11.0. The van der Waals surface area contributed by atoms with E-state index in [1.165, 1.54) is 0 Å². The van der Waals surface area contributed by atoms with Crippen LogP contribution in [0.25, 0.3) is 0 Å². The molecular weight excluding hydrogens is 448 g/mol. The number of nitrogens with one attached hydrogen (secondary N) is 2. The van der Waals surface area contributed by atoms with Gasteiger partial charge in [-0.3, -0.25) is 0 Å². The van der Waals surface area contributed by atoms with Gasteiger partial charge in [-0.2, -0.15) is 0 Å². The quantitative estimate of drug-likeness (QED) is 0.240. The highest BCUT2D eigenvalue weighted by atomic mass is 127. The Bertz CT molecular complexity index is 473. The van der Waals surface area contributed by atoms with E-state index in [1.807, 2.05) is 19.1 Å². The molecule has 0 fully saturated rings. The molecule has 0 aliphatic heterocycles. The molecule has 23 heavy (non-hydrogen) atoms. The monoisotopic (exact) mass is 473 g/mol. The minimum Gasteiger partial charge on any atom is -0.385 e. The highest BCUT2D eigenvalue weighted by Gasteiger charge is 2.02. The summed E-state index contributed by atoms with van der Waals surface area (Å²) in [6, 6.07) is 5.47.